The van der Waals surface area contributed by atoms with Gasteiger partial charge in [-0.05, 0) is 37.5 Å². The van der Waals surface area contributed by atoms with Crippen molar-refractivity contribution in [3.05, 3.63) is 0 Å². The summed E-state index contributed by atoms with van der Waals surface area (Å²) in [5, 5.41) is 12.6. The fourth-order valence-electron chi connectivity index (χ4n) is 4.87. The molecule has 3 rings (SSSR count). The van der Waals surface area contributed by atoms with E-state index in [1.807, 2.05) is 0 Å². The molecule has 0 aliphatic carbocycles. The first-order chi connectivity index (χ1) is 9.22. The van der Waals surface area contributed by atoms with Crippen molar-refractivity contribution in [2.24, 2.45) is 10.8 Å². The van der Waals surface area contributed by atoms with Gasteiger partial charge in [0.15, 0.2) is 0 Å². The van der Waals surface area contributed by atoms with Crippen molar-refractivity contribution in [3.8, 4) is 0 Å². The van der Waals surface area contributed by atoms with Crippen LogP contribution >= 0.6 is 0 Å². The van der Waals surface area contributed by atoms with E-state index in [1.165, 1.54) is 0 Å². The standard InChI is InChI=1S/C15H24N2O3/c1-13(2,3)15-5-4-10(17(15)12(19)20)8-14(9-15)6-7-16-11(14)18/h10H,4-9H2,1-3H3,(H,16,18)(H,19,20)/t10-,14+,15+/m0/s1. The Balaban J connectivity index is 2.07. The van der Waals surface area contributed by atoms with Gasteiger partial charge in [0, 0.05) is 12.6 Å². The number of carbonyl (C=O) groups excluding carboxylic acids is 1. The normalized spacial score (nSPS) is 40.2. The van der Waals surface area contributed by atoms with E-state index in [1.54, 1.807) is 4.90 Å². The molecule has 0 aromatic rings. The van der Waals surface area contributed by atoms with Gasteiger partial charge in [-0.3, -0.25) is 9.69 Å². The molecule has 0 aromatic carbocycles. The largest absolute Gasteiger partial charge is 0.465 e. The molecule has 3 saturated heterocycles. The second kappa shape index (κ2) is 3.89. The van der Waals surface area contributed by atoms with Gasteiger partial charge in [-0.1, -0.05) is 20.8 Å². The molecule has 1 spiro atoms. The van der Waals surface area contributed by atoms with Gasteiger partial charge >= 0.3 is 6.09 Å². The number of carbonyl (C=O) groups is 2. The molecule has 2 N–H and O–H groups in total. The topological polar surface area (TPSA) is 69.6 Å². The third kappa shape index (κ3) is 1.55. The first-order valence-electron chi connectivity index (χ1n) is 7.53. The van der Waals surface area contributed by atoms with Crippen LogP contribution in [0.5, 0.6) is 0 Å². The number of hydrogen-bond acceptors (Lipinski definition) is 2. The van der Waals surface area contributed by atoms with Gasteiger partial charge in [0.1, 0.15) is 0 Å². The smallest absolute Gasteiger partial charge is 0.408 e. The average Bonchev–Trinajstić information content (AvgIpc) is 2.77. The van der Waals surface area contributed by atoms with Crippen LogP contribution in [0.4, 0.5) is 4.79 Å². The van der Waals surface area contributed by atoms with E-state index in [-0.39, 0.29) is 22.8 Å². The Morgan fingerprint density at radius 2 is 2.10 bits per heavy atom. The van der Waals surface area contributed by atoms with Crippen LogP contribution in [0.2, 0.25) is 0 Å². The summed E-state index contributed by atoms with van der Waals surface area (Å²) in [6.45, 7) is 7.06. The molecule has 3 aliphatic heterocycles. The van der Waals surface area contributed by atoms with Crippen LogP contribution in [0.15, 0.2) is 0 Å². The molecule has 5 heteroatoms. The number of nitrogens with one attached hydrogen (secondary N) is 1. The lowest BCUT2D eigenvalue weighted by Gasteiger charge is -2.55. The number of amides is 2. The van der Waals surface area contributed by atoms with Crippen molar-refractivity contribution < 1.29 is 14.7 Å². The summed E-state index contributed by atoms with van der Waals surface area (Å²) in [5.74, 6) is 0.142. The van der Waals surface area contributed by atoms with E-state index in [0.29, 0.717) is 12.8 Å². The molecule has 20 heavy (non-hydrogen) atoms. The van der Waals surface area contributed by atoms with E-state index in [9.17, 15) is 14.7 Å². The van der Waals surface area contributed by atoms with Crippen molar-refractivity contribution in [1.29, 1.82) is 0 Å². The highest BCUT2D eigenvalue weighted by Gasteiger charge is 2.65. The minimum absolute atomic E-state index is 0.00400. The molecule has 3 fully saturated rings. The van der Waals surface area contributed by atoms with Crippen molar-refractivity contribution in [1.82, 2.24) is 10.2 Å². The number of carboxylic acid groups (broad SMARTS) is 1. The Bertz CT molecular complexity index is 470. The van der Waals surface area contributed by atoms with E-state index in [4.69, 9.17) is 0 Å². The molecule has 3 atom stereocenters. The second-order valence-corrected chi connectivity index (χ2v) is 7.79. The van der Waals surface area contributed by atoms with Gasteiger partial charge in [0.25, 0.3) is 0 Å². The quantitative estimate of drug-likeness (QED) is 0.715. The molecule has 0 saturated carbocycles. The number of rotatable bonds is 0. The lowest BCUT2D eigenvalue weighted by atomic mass is 9.60. The highest BCUT2D eigenvalue weighted by molar-refractivity contribution is 5.85. The molecule has 3 heterocycles. The number of piperidine rings is 1. The zero-order chi connectivity index (χ0) is 14.8. The Labute approximate surface area is 119 Å². The average molecular weight is 280 g/mol. The predicted molar refractivity (Wildman–Crippen MR) is 74.4 cm³/mol. The lowest BCUT2D eigenvalue weighted by molar-refractivity contribution is -0.137. The first kappa shape index (κ1) is 13.7. The molecule has 112 valence electrons. The number of hydrogen-bond donors (Lipinski definition) is 2. The third-order valence-electron chi connectivity index (χ3n) is 5.95. The number of fused-ring (bicyclic) bond motifs is 2. The Kier molecular flexibility index (Phi) is 2.67. The van der Waals surface area contributed by atoms with Crippen LogP contribution in [0.1, 0.15) is 52.9 Å². The van der Waals surface area contributed by atoms with Gasteiger partial charge in [-0.25, -0.2) is 4.79 Å². The van der Waals surface area contributed by atoms with Crippen LogP contribution in [0.25, 0.3) is 0 Å². The van der Waals surface area contributed by atoms with Gasteiger partial charge < -0.3 is 10.4 Å². The fraction of sp³-hybridized carbons (Fsp3) is 0.867. The summed E-state index contributed by atoms with van der Waals surface area (Å²) in [6.07, 6.45) is 3.17. The highest BCUT2D eigenvalue weighted by atomic mass is 16.4. The Morgan fingerprint density at radius 3 is 2.60 bits per heavy atom. The van der Waals surface area contributed by atoms with Gasteiger partial charge in [-0.2, -0.15) is 0 Å². The van der Waals surface area contributed by atoms with Crippen LogP contribution in [0.3, 0.4) is 0 Å². The molecular formula is C15H24N2O3. The molecule has 2 amide bonds. The molecule has 0 unspecified atom stereocenters. The lowest BCUT2D eigenvalue weighted by Crippen LogP contribution is -2.64. The minimum Gasteiger partial charge on any atom is -0.465 e. The van der Waals surface area contributed by atoms with Crippen molar-refractivity contribution >= 4 is 12.0 Å². The van der Waals surface area contributed by atoms with E-state index in [2.05, 4.69) is 26.1 Å². The SMILES string of the molecule is CC(C)(C)[C@@]12CC[C@@H](C[C@]3(CCNC3=O)C1)N2C(=O)O. The summed E-state index contributed by atoms with van der Waals surface area (Å²) in [7, 11) is 0. The molecule has 0 radical (unpaired) electrons. The number of nitrogens with zero attached hydrogens (tertiary/aromatic N) is 1. The van der Waals surface area contributed by atoms with Crippen molar-refractivity contribution in [3.63, 3.8) is 0 Å². The third-order valence-corrected chi connectivity index (χ3v) is 5.95. The second-order valence-electron chi connectivity index (χ2n) is 7.79. The maximum atomic E-state index is 12.3. The molecule has 2 bridgehead atoms. The maximum absolute atomic E-state index is 12.3. The Morgan fingerprint density at radius 1 is 1.40 bits per heavy atom. The predicted octanol–water partition coefficient (Wildman–Crippen LogP) is 2.21. The van der Waals surface area contributed by atoms with Crippen molar-refractivity contribution in [2.45, 2.75) is 64.5 Å². The molecular weight excluding hydrogens is 256 g/mol. The van der Waals surface area contributed by atoms with Crippen LogP contribution in [-0.4, -0.2) is 40.1 Å². The fourth-order valence-corrected chi connectivity index (χ4v) is 4.87. The van der Waals surface area contributed by atoms with E-state index >= 15 is 0 Å². The zero-order valence-corrected chi connectivity index (χ0v) is 12.5. The van der Waals surface area contributed by atoms with Crippen LogP contribution < -0.4 is 5.32 Å². The van der Waals surface area contributed by atoms with E-state index < -0.39 is 11.6 Å². The molecule has 3 aliphatic rings. The minimum atomic E-state index is -0.823. The van der Waals surface area contributed by atoms with Gasteiger partial charge in [-0.15, -0.1) is 0 Å². The highest BCUT2D eigenvalue weighted by Crippen LogP contribution is 2.60. The first-order valence-corrected chi connectivity index (χ1v) is 7.53. The summed E-state index contributed by atoms with van der Waals surface area (Å²) in [5.41, 5.74) is -0.889. The molecule has 5 nitrogen and oxygen atoms in total. The van der Waals surface area contributed by atoms with Crippen LogP contribution in [0, 0.1) is 10.8 Å². The summed E-state index contributed by atoms with van der Waals surface area (Å²) in [4.78, 5) is 25.8. The van der Waals surface area contributed by atoms with Gasteiger partial charge in [0.05, 0.1) is 11.0 Å². The monoisotopic (exact) mass is 280 g/mol. The van der Waals surface area contributed by atoms with Gasteiger partial charge in [0.2, 0.25) is 5.91 Å². The maximum Gasteiger partial charge on any atom is 0.408 e. The molecule has 0 aromatic heterocycles. The summed E-state index contributed by atoms with van der Waals surface area (Å²) >= 11 is 0. The van der Waals surface area contributed by atoms with Crippen molar-refractivity contribution in [2.75, 3.05) is 6.54 Å². The summed E-state index contributed by atoms with van der Waals surface area (Å²) < 4.78 is 0. The van der Waals surface area contributed by atoms with Crippen LogP contribution in [-0.2, 0) is 4.79 Å². The summed E-state index contributed by atoms with van der Waals surface area (Å²) in [6, 6.07) is 0.00400. The van der Waals surface area contributed by atoms with E-state index in [0.717, 1.165) is 25.8 Å². The Hall–Kier alpha value is -1.26. The zero-order valence-electron chi connectivity index (χ0n) is 12.5.